The summed E-state index contributed by atoms with van der Waals surface area (Å²) in [5, 5.41) is 4.06. The van der Waals surface area contributed by atoms with Crippen molar-refractivity contribution in [3.63, 3.8) is 0 Å². The number of benzene rings is 1. The fourth-order valence-electron chi connectivity index (χ4n) is 3.56. The average Bonchev–Trinajstić information content (AvgIpc) is 3.14. The van der Waals surface area contributed by atoms with Crippen LogP contribution >= 0.6 is 0 Å². The third-order valence-corrected chi connectivity index (χ3v) is 5.04. The lowest BCUT2D eigenvalue weighted by atomic mass is 9.98. The molecule has 30 heavy (non-hydrogen) atoms. The number of rotatable bonds is 6. The van der Waals surface area contributed by atoms with Gasteiger partial charge in [-0.05, 0) is 43.9 Å². The number of para-hydroxylation sites is 1. The van der Waals surface area contributed by atoms with E-state index in [9.17, 15) is 9.59 Å². The van der Waals surface area contributed by atoms with Crippen LogP contribution in [0, 0.1) is 0 Å². The average molecular weight is 409 g/mol. The lowest BCUT2D eigenvalue weighted by Crippen LogP contribution is -2.22. The van der Waals surface area contributed by atoms with E-state index in [4.69, 9.17) is 14.2 Å². The molecule has 0 aliphatic heterocycles. The molecule has 2 N–H and O–H groups in total. The van der Waals surface area contributed by atoms with Crippen LogP contribution in [0.5, 0.6) is 0 Å². The number of H-pyrrole nitrogens is 1. The zero-order valence-corrected chi connectivity index (χ0v) is 16.4. The van der Waals surface area contributed by atoms with Gasteiger partial charge in [0.15, 0.2) is 0 Å². The van der Waals surface area contributed by atoms with Crippen molar-refractivity contribution in [3.05, 3.63) is 54.5 Å². The maximum atomic E-state index is 12.7. The summed E-state index contributed by atoms with van der Waals surface area (Å²) in [4.78, 5) is 31.5. The number of nitrogens with zero attached hydrogens (tertiary/aromatic N) is 1. The fourth-order valence-corrected chi connectivity index (χ4v) is 3.56. The minimum absolute atomic E-state index is 0.119. The van der Waals surface area contributed by atoms with Crippen molar-refractivity contribution in [2.24, 2.45) is 0 Å². The minimum Gasteiger partial charge on any atom is -0.431 e. The summed E-state index contributed by atoms with van der Waals surface area (Å²) in [7, 11) is 0. The van der Waals surface area contributed by atoms with Crippen LogP contribution in [0.15, 0.2) is 48.8 Å². The zero-order valence-electron chi connectivity index (χ0n) is 16.4. The van der Waals surface area contributed by atoms with E-state index < -0.39 is 18.9 Å². The van der Waals surface area contributed by atoms with Crippen LogP contribution in [-0.4, -0.2) is 35.0 Å². The number of ether oxygens (including phenoxy) is 3. The van der Waals surface area contributed by atoms with E-state index in [1.54, 1.807) is 24.5 Å². The van der Waals surface area contributed by atoms with Gasteiger partial charge >= 0.3 is 12.1 Å². The number of aromatic nitrogens is 2. The smallest absolute Gasteiger partial charge is 0.431 e. The molecule has 0 bridgehead atoms. The molecule has 0 radical (unpaired) electrons. The van der Waals surface area contributed by atoms with Crippen molar-refractivity contribution in [3.8, 4) is 0 Å². The quantitative estimate of drug-likeness (QED) is 0.441. The van der Waals surface area contributed by atoms with E-state index in [1.165, 1.54) is 0 Å². The van der Waals surface area contributed by atoms with Gasteiger partial charge in [0, 0.05) is 29.0 Å². The standard InChI is InChI=1S/C22H23N3O5/c26-21(28-14-29-22(27)30-16-6-2-1-3-7-16)20-19(24-15-10-12-23-13-11-15)17-8-4-5-9-18(17)25-20/h4-5,8-13,16,25H,1-3,6-7,14H2,(H,23,24). The monoisotopic (exact) mass is 409 g/mol. The highest BCUT2D eigenvalue weighted by Gasteiger charge is 2.21. The Morgan fingerprint density at radius 1 is 1.03 bits per heavy atom. The lowest BCUT2D eigenvalue weighted by Gasteiger charge is -2.21. The summed E-state index contributed by atoms with van der Waals surface area (Å²) >= 11 is 0. The van der Waals surface area contributed by atoms with Gasteiger partial charge in [0.05, 0.1) is 5.69 Å². The fraction of sp³-hybridized carbons (Fsp3) is 0.318. The van der Waals surface area contributed by atoms with Crippen LogP contribution < -0.4 is 5.32 Å². The van der Waals surface area contributed by atoms with E-state index in [0.29, 0.717) is 5.69 Å². The van der Waals surface area contributed by atoms with Gasteiger partial charge in [-0.15, -0.1) is 0 Å². The third-order valence-electron chi connectivity index (χ3n) is 5.04. The van der Waals surface area contributed by atoms with Crippen LogP contribution in [0.2, 0.25) is 0 Å². The number of carbonyl (C=O) groups is 2. The molecule has 0 amide bonds. The Morgan fingerprint density at radius 3 is 2.60 bits per heavy atom. The minimum atomic E-state index is -0.818. The summed E-state index contributed by atoms with van der Waals surface area (Å²) in [6.45, 7) is -0.519. The first-order chi connectivity index (χ1) is 14.7. The molecule has 1 aliphatic rings. The van der Waals surface area contributed by atoms with E-state index in [-0.39, 0.29) is 11.8 Å². The van der Waals surface area contributed by atoms with Crippen LogP contribution in [0.4, 0.5) is 16.2 Å². The van der Waals surface area contributed by atoms with E-state index in [2.05, 4.69) is 15.3 Å². The summed E-state index contributed by atoms with van der Waals surface area (Å²) in [5.74, 6) is -0.645. The molecule has 8 heteroatoms. The molecule has 156 valence electrons. The second-order valence-electron chi connectivity index (χ2n) is 7.10. The molecule has 0 spiro atoms. The second-order valence-corrected chi connectivity index (χ2v) is 7.10. The SMILES string of the molecule is O=C(OCOC(=O)c1[nH]c2ccccc2c1Nc1ccncc1)OC1CCCCC1. The Balaban J connectivity index is 1.41. The predicted molar refractivity (Wildman–Crippen MR) is 111 cm³/mol. The summed E-state index contributed by atoms with van der Waals surface area (Å²) in [5.41, 5.74) is 2.36. The maximum absolute atomic E-state index is 12.7. The Labute approximate surface area is 173 Å². The molecule has 1 fully saturated rings. The number of hydrogen-bond acceptors (Lipinski definition) is 7. The number of hydrogen-bond donors (Lipinski definition) is 2. The highest BCUT2D eigenvalue weighted by Crippen LogP contribution is 2.31. The van der Waals surface area contributed by atoms with Crippen molar-refractivity contribution in [2.75, 3.05) is 12.1 Å². The molecule has 0 saturated heterocycles. The van der Waals surface area contributed by atoms with Gasteiger partial charge in [-0.1, -0.05) is 24.6 Å². The highest BCUT2D eigenvalue weighted by atomic mass is 16.8. The number of pyridine rings is 1. The topological polar surface area (TPSA) is 103 Å². The Bertz CT molecular complexity index is 1010. The van der Waals surface area contributed by atoms with E-state index >= 15 is 0 Å². The Hall–Kier alpha value is -3.55. The van der Waals surface area contributed by atoms with Gasteiger partial charge < -0.3 is 24.5 Å². The van der Waals surface area contributed by atoms with Gasteiger partial charge in [-0.2, -0.15) is 0 Å². The van der Waals surface area contributed by atoms with Gasteiger partial charge in [-0.25, -0.2) is 9.59 Å². The highest BCUT2D eigenvalue weighted by molar-refractivity contribution is 6.07. The van der Waals surface area contributed by atoms with Crippen LogP contribution in [-0.2, 0) is 14.2 Å². The predicted octanol–water partition coefficient (Wildman–Crippen LogP) is 4.91. The largest absolute Gasteiger partial charge is 0.511 e. The van der Waals surface area contributed by atoms with Crippen LogP contribution in [0.25, 0.3) is 10.9 Å². The summed E-state index contributed by atoms with van der Waals surface area (Å²) < 4.78 is 15.3. The van der Waals surface area contributed by atoms with E-state index in [0.717, 1.165) is 48.7 Å². The molecule has 4 rings (SSSR count). The molecule has 1 saturated carbocycles. The summed E-state index contributed by atoms with van der Waals surface area (Å²) in [6, 6.07) is 11.1. The van der Waals surface area contributed by atoms with Gasteiger partial charge in [0.25, 0.3) is 0 Å². The number of anilines is 2. The number of nitrogens with one attached hydrogen (secondary N) is 2. The molecule has 1 aromatic carbocycles. The first-order valence-corrected chi connectivity index (χ1v) is 9.99. The number of fused-ring (bicyclic) bond motifs is 1. The van der Waals surface area contributed by atoms with Crippen molar-refractivity contribution in [1.82, 2.24) is 9.97 Å². The zero-order chi connectivity index (χ0) is 20.8. The molecule has 3 aromatic rings. The van der Waals surface area contributed by atoms with Crippen molar-refractivity contribution in [2.45, 2.75) is 38.2 Å². The normalized spacial score (nSPS) is 14.3. The third kappa shape index (κ3) is 4.71. The molecular formula is C22H23N3O5. The molecule has 1 aliphatic carbocycles. The number of esters is 1. The van der Waals surface area contributed by atoms with Gasteiger partial charge in [0.2, 0.25) is 6.79 Å². The first kappa shape index (κ1) is 19.8. The number of carbonyl (C=O) groups excluding carboxylic acids is 2. The maximum Gasteiger partial charge on any atom is 0.511 e. The van der Waals surface area contributed by atoms with Crippen molar-refractivity contribution >= 4 is 34.4 Å². The lowest BCUT2D eigenvalue weighted by molar-refractivity contribution is -0.0431. The molecule has 0 unspecified atom stereocenters. The van der Waals surface area contributed by atoms with Crippen LogP contribution in [0.3, 0.4) is 0 Å². The van der Waals surface area contributed by atoms with Gasteiger partial charge in [0.1, 0.15) is 11.8 Å². The first-order valence-electron chi connectivity index (χ1n) is 9.99. The molecule has 0 atom stereocenters. The van der Waals surface area contributed by atoms with Crippen LogP contribution in [0.1, 0.15) is 42.6 Å². The molecule has 8 nitrogen and oxygen atoms in total. The second kappa shape index (κ2) is 9.30. The van der Waals surface area contributed by atoms with Crippen molar-refractivity contribution < 1.29 is 23.8 Å². The molecular weight excluding hydrogens is 386 g/mol. The molecule has 2 heterocycles. The van der Waals surface area contributed by atoms with Crippen molar-refractivity contribution in [1.29, 1.82) is 0 Å². The molecule has 2 aromatic heterocycles. The Kier molecular flexibility index (Phi) is 6.12. The Morgan fingerprint density at radius 2 is 1.80 bits per heavy atom. The number of aromatic amines is 1. The van der Waals surface area contributed by atoms with Gasteiger partial charge in [-0.3, -0.25) is 4.98 Å². The van der Waals surface area contributed by atoms with E-state index in [1.807, 2.05) is 24.3 Å². The summed E-state index contributed by atoms with van der Waals surface area (Å²) in [6.07, 6.45) is 7.30.